The highest BCUT2D eigenvalue weighted by molar-refractivity contribution is 5.75. The van der Waals surface area contributed by atoms with Crippen LogP contribution in [0.15, 0.2) is 11.1 Å². The molecule has 1 aromatic heterocycles. The van der Waals surface area contributed by atoms with Gasteiger partial charge in [-0.1, -0.05) is 0 Å². The molecular weight excluding hydrogens is 172 g/mol. The lowest BCUT2D eigenvalue weighted by Crippen LogP contribution is -2.22. The standard InChI is InChI=1S/C8H10N2O3/c1-4(8(12)13)6-5(2)9-3-10-7(6)11/h3-4H,1-2H3,(H,12,13)(H,9,10,11). The Morgan fingerprint density at radius 3 is 2.77 bits per heavy atom. The van der Waals surface area contributed by atoms with E-state index in [1.165, 1.54) is 13.3 Å². The molecule has 0 aromatic carbocycles. The molecule has 1 aromatic rings. The third-order valence-corrected chi connectivity index (χ3v) is 1.89. The topological polar surface area (TPSA) is 83.0 Å². The van der Waals surface area contributed by atoms with Crippen LogP contribution in [0.1, 0.15) is 24.1 Å². The number of aryl methyl sites for hydroxylation is 1. The van der Waals surface area contributed by atoms with E-state index >= 15 is 0 Å². The van der Waals surface area contributed by atoms with Gasteiger partial charge in [0.1, 0.15) is 0 Å². The van der Waals surface area contributed by atoms with Crippen LogP contribution in [0.5, 0.6) is 0 Å². The largest absolute Gasteiger partial charge is 0.481 e. The fourth-order valence-corrected chi connectivity index (χ4v) is 1.13. The van der Waals surface area contributed by atoms with E-state index in [1.807, 2.05) is 0 Å². The molecule has 0 amide bonds. The molecule has 5 nitrogen and oxygen atoms in total. The Morgan fingerprint density at radius 1 is 1.69 bits per heavy atom. The smallest absolute Gasteiger partial charge is 0.310 e. The molecule has 0 radical (unpaired) electrons. The first-order valence-electron chi connectivity index (χ1n) is 3.81. The molecular formula is C8H10N2O3. The summed E-state index contributed by atoms with van der Waals surface area (Å²) in [4.78, 5) is 28.0. The average Bonchev–Trinajstić information content (AvgIpc) is 2.03. The van der Waals surface area contributed by atoms with E-state index in [2.05, 4.69) is 9.97 Å². The monoisotopic (exact) mass is 182 g/mol. The van der Waals surface area contributed by atoms with Crippen LogP contribution in [0.25, 0.3) is 0 Å². The molecule has 0 bridgehead atoms. The Bertz CT molecular complexity index is 383. The molecule has 5 heteroatoms. The first-order valence-corrected chi connectivity index (χ1v) is 3.81. The zero-order valence-electron chi connectivity index (χ0n) is 7.37. The summed E-state index contributed by atoms with van der Waals surface area (Å²) in [6, 6.07) is 0. The summed E-state index contributed by atoms with van der Waals surface area (Å²) >= 11 is 0. The molecule has 2 N–H and O–H groups in total. The normalized spacial score (nSPS) is 12.5. The molecule has 1 atom stereocenters. The van der Waals surface area contributed by atoms with Crippen molar-refractivity contribution in [3.63, 3.8) is 0 Å². The van der Waals surface area contributed by atoms with Crippen LogP contribution < -0.4 is 5.56 Å². The van der Waals surface area contributed by atoms with Gasteiger partial charge in [-0.15, -0.1) is 0 Å². The minimum Gasteiger partial charge on any atom is -0.481 e. The molecule has 0 saturated carbocycles. The summed E-state index contributed by atoms with van der Waals surface area (Å²) in [7, 11) is 0. The van der Waals surface area contributed by atoms with Gasteiger partial charge in [-0.3, -0.25) is 9.59 Å². The number of carboxylic acid groups (broad SMARTS) is 1. The lowest BCUT2D eigenvalue weighted by Gasteiger charge is -2.06. The van der Waals surface area contributed by atoms with Crippen molar-refractivity contribution in [2.75, 3.05) is 0 Å². The minimum absolute atomic E-state index is 0.218. The third-order valence-electron chi connectivity index (χ3n) is 1.89. The molecule has 0 aliphatic rings. The van der Waals surface area contributed by atoms with Gasteiger partial charge in [-0.2, -0.15) is 0 Å². The Balaban J connectivity index is 3.28. The summed E-state index contributed by atoms with van der Waals surface area (Å²) in [6.07, 6.45) is 1.26. The van der Waals surface area contributed by atoms with Crippen molar-refractivity contribution >= 4 is 5.97 Å². The van der Waals surface area contributed by atoms with Crippen LogP contribution >= 0.6 is 0 Å². The van der Waals surface area contributed by atoms with Gasteiger partial charge in [-0.05, 0) is 13.8 Å². The van der Waals surface area contributed by atoms with Gasteiger partial charge in [0.25, 0.3) is 5.56 Å². The summed E-state index contributed by atoms with van der Waals surface area (Å²) in [5.74, 6) is -1.85. The number of aromatic amines is 1. The highest BCUT2D eigenvalue weighted by Gasteiger charge is 2.19. The average molecular weight is 182 g/mol. The molecule has 0 aliphatic carbocycles. The Hall–Kier alpha value is -1.65. The van der Waals surface area contributed by atoms with Gasteiger partial charge in [0.2, 0.25) is 0 Å². The highest BCUT2D eigenvalue weighted by Crippen LogP contribution is 2.12. The van der Waals surface area contributed by atoms with Gasteiger partial charge in [0, 0.05) is 5.69 Å². The number of rotatable bonds is 2. The second kappa shape index (κ2) is 3.38. The molecule has 0 fully saturated rings. The minimum atomic E-state index is -1.03. The van der Waals surface area contributed by atoms with Crippen molar-refractivity contribution in [1.29, 1.82) is 0 Å². The third kappa shape index (κ3) is 1.74. The predicted molar refractivity (Wildman–Crippen MR) is 45.6 cm³/mol. The van der Waals surface area contributed by atoms with Crippen molar-refractivity contribution < 1.29 is 9.90 Å². The van der Waals surface area contributed by atoms with Crippen molar-refractivity contribution in [3.05, 3.63) is 27.9 Å². The summed E-state index contributed by atoms with van der Waals surface area (Å²) in [5.41, 5.74) is 0.288. The molecule has 0 spiro atoms. The number of hydrogen-bond acceptors (Lipinski definition) is 3. The summed E-state index contributed by atoms with van der Waals surface area (Å²) in [5, 5.41) is 8.70. The van der Waals surface area contributed by atoms with Crippen LogP contribution in [-0.2, 0) is 4.79 Å². The van der Waals surface area contributed by atoms with Crippen LogP contribution in [0.4, 0.5) is 0 Å². The first kappa shape index (κ1) is 9.44. The number of nitrogens with one attached hydrogen (secondary N) is 1. The zero-order chi connectivity index (χ0) is 10.0. The number of hydrogen-bond donors (Lipinski definition) is 2. The number of carbonyl (C=O) groups is 1. The Labute approximate surface area is 74.4 Å². The van der Waals surface area contributed by atoms with Crippen LogP contribution in [0.2, 0.25) is 0 Å². The number of aromatic nitrogens is 2. The van der Waals surface area contributed by atoms with Crippen LogP contribution in [0, 0.1) is 6.92 Å². The highest BCUT2D eigenvalue weighted by atomic mass is 16.4. The number of H-pyrrole nitrogens is 1. The maximum atomic E-state index is 11.2. The maximum absolute atomic E-state index is 11.2. The van der Waals surface area contributed by atoms with Crippen molar-refractivity contribution in [1.82, 2.24) is 9.97 Å². The zero-order valence-corrected chi connectivity index (χ0v) is 7.37. The van der Waals surface area contributed by atoms with E-state index in [1.54, 1.807) is 6.92 Å². The fourth-order valence-electron chi connectivity index (χ4n) is 1.13. The maximum Gasteiger partial charge on any atom is 0.310 e. The molecule has 0 saturated heterocycles. The Morgan fingerprint density at radius 2 is 2.31 bits per heavy atom. The van der Waals surface area contributed by atoms with E-state index in [0.29, 0.717) is 5.69 Å². The lowest BCUT2D eigenvalue weighted by molar-refractivity contribution is -0.138. The summed E-state index contributed by atoms with van der Waals surface area (Å²) in [6.45, 7) is 3.08. The van der Waals surface area contributed by atoms with E-state index in [9.17, 15) is 9.59 Å². The molecule has 1 rings (SSSR count). The second-order valence-corrected chi connectivity index (χ2v) is 2.79. The quantitative estimate of drug-likeness (QED) is 0.687. The Kier molecular flexibility index (Phi) is 2.46. The van der Waals surface area contributed by atoms with Crippen molar-refractivity contribution in [2.24, 2.45) is 0 Å². The predicted octanol–water partition coefficient (Wildman–Crippen LogP) is 0.266. The van der Waals surface area contributed by atoms with Crippen LogP contribution in [-0.4, -0.2) is 21.0 Å². The van der Waals surface area contributed by atoms with Gasteiger partial charge in [0.15, 0.2) is 0 Å². The second-order valence-electron chi connectivity index (χ2n) is 2.79. The molecule has 1 unspecified atom stereocenters. The van der Waals surface area contributed by atoms with Gasteiger partial charge in [0.05, 0.1) is 17.8 Å². The van der Waals surface area contributed by atoms with E-state index in [-0.39, 0.29) is 11.1 Å². The summed E-state index contributed by atoms with van der Waals surface area (Å²) < 4.78 is 0. The fraction of sp³-hybridized carbons (Fsp3) is 0.375. The lowest BCUT2D eigenvalue weighted by atomic mass is 10.0. The van der Waals surface area contributed by atoms with E-state index in [4.69, 9.17) is 5.11 Å². The molecule has 0 aliphatic heterocycles. The number of nitrogens with zero attached hydrogens (tertiary/aromatic N) is 1. The number of carboxylic acids is 1. The molecule has 1 heterocycles. The van der Waals surface area contributed by atoms with E-state index in [0.717, 1.165) is 0 Å². The van der Waals surface area contributed by atoms with Gasteiger partial charge < -0.3 is 10.1 Å². The number of aliphatic carboxylic acids is 1. The molecule has 13 heavy (non-hydrogen) atoms. The van der Waals surface area contributed by atoms with Gasteiger partial charge >= 0.3 is 5.97 Å². The van der Waals surface area contributed by atoms with E-state index < -0.39 is 11.9 Å². The molecule has 70 valence electrons. The van der Waals surface area contributed by atoms with Crippen molar-refractivity contribution in [2.45, 2.75) is 19.8 Å². The van der Waals surface area contributed by atoms with Gasteiger partial charge in [-0.25, -0.2) is 4.98 Å². The van der Waals surface area contributed by atoms with Crippen molar-refractivity contribution in [3.8, 4) is 0 Å². The van der Waals surface area contributed by atoms with Crippen LogP contribution in [0.3, 0.4) is 0 Å². The SMILES string of the molecule is Cc1nc[nH]c(=O)c1C(C)C(=O)O. The first-order chi connectivity index (χ1) is 6.04.